The number of carbonyl (C=O) groups is 1. The van der Waals surface area contributed by atoms with Crippen molar-refractivity contribution in [3.8, 4) is 23.8 Å². The molecule has 0 saturated heterocycles. The van der Waals surface area contributed by atoms with Gasteiger partial charge in [-0.3, -0.25) is 5.32 Å². The van der Waals surface area contributed by atoms with E-state index in [1.165, 1.54) is 7.11 Å². The lowest BCUT2D eigenvalue weighted by atomic mass is 9.95. The van der Waals surface area contributed by atoms with Gasteiger partial charge in [0.2, 0.25) is 5.96 Å². The van der Waals surface area contributed by atoms with Crippen LogP contribution in [-0.2, 0) is 4.74 Å². The highest BCUT2D eigenvalue weighted by molar-refractivity contribution is 5.98. The summed E-state index contributed by atoms with van der Waals surface area (Å²) in [5, 5.41) is 23.8. The Morgan fingerprint density at radius 3 is 2.26 bits per heavy atom. The van der Waals surface area contributed by atoms with E-state index in [0.717, 1.165) is 5.56 Å². The van der Waals surface area contributed by atoms with Crippen molar-refractivity contribution in [2.45, 2.75) is 12.5 Å². The molecule has 0 radical (unpaired) electrons. The number of nitriles is 2. The average molecular weight is 513 g/mol. The maximum Gasteiger partial charge on any atom is 0.337 e. The summed E-state index contributed by atoms with van der Waals surface area (Å²) in [5.41, 5.74) is 14.1. The summed E-state index contributed by atoms with van der Waals surface area (Å²) in [4.78, 5) is 20.3. The number of nitrogen functional groups attached to an aromatic ring is 2. The Labute approximate surface area is 218 Å². The highest BCUT2D eigenvalue weighted by Gasteiger charge is 2.29. The summed E-state index contributed by atoms with van der Waals surface area (Å²) >= 11 is 0. The minimum Gasteiger partial charge on any atom is -0.493 e. The zero-order valence-corrected chi connectivity index (χ0v) is 20.4. The van der Waals surface area contributed by atoms with E-state index in [0.29, 0.717) is 48.1 Å². The molecule has 0 spiro atoms. The lowest BCUT2D eigenvalue weighted by Crippen LogP contribution is -2.32. The van der Waals surface area contributed by atoms with Crippen LogP contribution in [0.4, 0.5) is 17.3 Å². The van der Waals surface area contributed by atoms with Crippen molar-refractivity contribution >= 4 is 29.3 Å². The Morgan fingerprint density at radius 1 is 1.05 bits per heavy atom. The molecule has 1 atom stereocenters. The quantitative estimate of drug-likeness (QED) is 0.150. The Bertz CT molecular complexity index is 1440. The minimum absolute atomic E-state index is 0.0147. The van der Waals surface area contributed by atoms with E-state index in [9.17, 15) is 10.1 Å². The molecule has 1 aromatic heterocycles. The number of pyridine rings is 1. The SMILES string of the molecule is COC(=O)c1ccc(OCCCOc2ccc(C3N=C(NC#N)Nc4nc(N)c(C#N)c(N)c43)cc2)cc1. The first-order valence-electron chi connectivity index (χ1n) is 11.5. The summed E-state index contributed by atoms with van der Waals surface area (Å²) in [6.07, 6.45) is 2.45. The van der Waals surface area contributed by atoms with Gasteiger partial charge in [0.25, 0.3) is 0 Å². The standard InChI is InChI=1S/C26H24N8O4/c1-36-25(35)16-5-9-18(10-6-16)38-12-2-11-37-17-7-3-15(4-8-17)22-20-21(29)19(13-27)23(30)33-24(20)34-26(32-22)31-14-28/h3-10,22H,2,11-12H2,1H3,(H6,29,30,31,32,33,34). The molecule has 2 heterocycles. The lowest BCUT2D eigenvalue weighted by molar-refractivity contribution is 0.0600. The highest BCUT2D eigenvalue weighted by atomic mass is 16.5. The molecule has 0 fully saturated rings. The van der Waals surface area contributed by atoms with Crippen molar-refractivity contribution < 1.29 is 19.0 Å². The second-order valence-electron chi connectivity index (χ2n) is 8.04. The van der Waals surface area contributed by atoms with Crippen LogP contribution >= 0.6 is 0 Å². The smallest absolute Gasteiger partial charge is 0.337 e. The molecule has 0 bridgehead atoms. The predicted octanol–water partition coefficient (Wildman–Crippen LogP) is 2.69. The maximum atomic E-state index is 11.5. The number of esters is 1. The highest BCUT2D eigenvalue weighted by Crippen LogP contribution is 2.40. The normalized spacial score (nSPS) is 13.6. The van der Waals surface area contributed by atoms with Gasteiger partial charge in [0.15, 0.2) is 6.19 Å². The number of ether oxygens (including phenoxy) is 3. The van der Waals surface area contributed by atoms with E-state index in [2.05, 4.69) is 25.3 Å². The van der Waals surface area contributed by atoms with E-state index in [1.54, 1.807) is 36.4 Å². The number of fused-ring (bicyclic) bond motifs is 1. The molecule has 1 aliphatic rings. The van der Waals surface area contributed by atoms with Crippen molar-refractivity contribution in [3.63, 3.8) is 0 Å². The van der Waals surface area contributed by atoms with Gasteiger partial charge in [-0.05, 0) is 42.0 Å². The third-order valence-corrected chi connectivity index (χ3v) is 5.65. The van der Waals surface area contributed by atoms with E-state index < -0.39 is 12.0 Å². The molecule has 0 amide bonds. The number of methoxy groups -OCH3 is 1. The first-order valence-corrected chi connectivity index (χ1v) is 11.5. The molecule has 12 heteroatoms. The monoisotopic (exact) mass is 512 g/mol. The van der Waals surface area contributed by atoms with Gasteiger partial charge in [-0.2, -0.15) is 10.5 Å². The molecular weight excluding hydrogens is 488 g/mol. The Morgan fingerprint density at radius 2 is 1.68 bits per heavy atom. The Kier molecular flexibility index (Phi) is 7.74. The first-order chi connectivity index (χ1) is 18.4. The van der Waals surface area contributed by atoms with Crippen LogP contribution in [0.3, 0.4) is 0 Å². The summed E-state index contributed by atoms with van der Waals surface area (Å²) in [6, 6.07) is 15.3. The van der Waals surface area contributed by atoms with Crippen LogP contribution in [0.25, 0.3) is 0 Å². The molecule has 6 N–H and O–H groups in total. The molecular formula is C26H24N8O4. The summed E-state index contributed by atoms with van der Waals surface area (Å²) in [6.45, 7) is 0.855. The van der Waals surface area contributed by atoms with Gasteiger partial charge < -0.3 is 31.0 Å². The van der Waals surface area contributed by atoms with Gasteiger partial charge in [-0.25, -0.2) is 14.8 Å². The number of guanidine groups is 1. The van der Waals surface area contributed by atoms with Crippen molar-refractivity contribution in [3.05, 3.63) is 70.8 Å². The van der Waals surface area contributed by atoms with Gasteiger partial charge in [0, 0.05) is 12.0 Å². The number of nitrogens with zero attached hydrogens (tertiary/aromatic N) is 4. The van der Waals surface area contributed by atoms with Crippen LogP contribution < -0.4 is 31.6 Å². The number of anilines is 3. The third-order valence-electron chi connectivity index (χ3n) is 5.65. The van der Waals surface area contributed by atoms with E-state index in [4.69, 9.17) is 26.2 Å². The number of aliphatic imine (C=N–C) groups is 1. The fourth-order valence-electron chi connectivity index (χ4n) is 3.81. The van der Waals surface area contributed by atoms with Crippen LogP contribution in [0.15, 0.2) is 53.5 Å². The van der Waals surface area contributed by atoms with Crippen molar-refractivity contribution in [1.29, 1.82) is 10.5 Å². The van der Waals surface area contributed by atoms with Gasteiger partial charge in [-0.1, -0.05) is 12.1 Å². The molecule has 192 valence electrons. The lowest BCUT2D eigenvalue weighted by Gasteiger charge is -2.26. The van der Waals surface area contributed by atoms with Crippen molar-refractivity contribution in [1.82, 2.24) is 10.3 Å². The Hall–Kier alpha value is -5.49. The zero-order chi connectivity index (χ0) is 27.1. The summed E-state index contributed by atoms with van der Waals surface area (Å²) < 4.78 is 16.2. The molecule has 1 aliphatic heterocycles. The van der Waals surface area contributed by atoms with Gasteiger partial charge >= 0.3 is 5.97 Å². The summed E-state index contributed by atoms with van der Waals surface area (Å²) in [5.74, 6) is 1.37. The first kappa shape index (κ1) is 25.6. The number of benzene rings is 2. The van der Waals surface area contributed by atoms with E-state index in [-0.39, 0.29) is 23.0 Å². The predicted molar refractivity (Wildman–Crippen MR) is 139 cm³/mol. The minimum atomic E-state index is -0.629. The van der Waals surface area contributed by atoms with Crippen molar-refractivity contribution in [2.75, 3.05) is 37.1 Å². The molecule has 3 aromatic rings. The van der Waals surface area contributed by atoms with Crippen LogP contribution in [0.5, 0.6) is 11.5 Å². The van der Waals surface area contributed by atoms with Crippen LogP contribution in [-0.4, -0.2) is 37.2 Å². The maximum absolute atomic E-state index is 11.5. The van der Waals surface area contributed by atoms with Gasteiger partial charge in [0.1, 0.15) is 40.8 Å². The second-order valence-corrected chi connectivity index (χ2v) is 8.04. The number of hydrogen-bond donors (Lipinski definition) is 4. The zero-order valence-electron chi connectivity index (χ0n) is 20.4. The van der Waals surface area contributed by atoms with Crippen LogP contribution in [0, 0.1) is 22.8 Å². The van der Waals surface area contributed by atoms with Gasteiger partial charge in [-0.15, -0.1) is 0 Å². The number of nitrogens with one attached hydrogen (secondary N) is 2. The number of hydrogen-bond acceptors (Lipinski definition) is 12. The topological polar surface area (TPSA) is 194 Å². The third kappa shape index (κ3) is 5.50. The molecule has 12 nitrogen and oxygen atoms in total. The van der Waals surface area contributed by atoms with E-state index in [1.807, 2.05) is 24.4 Å². The average Bonchev–Trinajstić information content (AvgIpc) is 2.93. The molecule has 4 rings (SSSR count). The number of nitrogens with two attached hydrogens (primary N) is 2. The van der Waals surface area contributed by atoms with Crippen LogP contribution in [0.1, 0.15) is 39.5 Å². The van der Waals surface area contributed by atoms with Gasteiger partial charge in [0.05, 0.1) is 31.6 Å². The number of carbonyl (C=O) groups excluding carboxylic acids is 1. The number of aromatic nitrogens is 1. The fraction of sp³-hybridized carbons (Fsp3) is 0.192. The molecule has 1 unspecified atom stereocenters. The fourth-order valence-corrected chi connectivity index (χ4v) is 3.81. The molecule has 2 aromatic carbocycles. The molecule has 0 saturated carbocycles. The van der Waals surface area contributed by atoms with E-state index >= 15 is 0 Å². The summed E-state index contributed by atoms with van der Waals surface area (Å²) in [7, 11) is 1.33. The van der Waals surface area contributed by atoms with Crippen LogP contribution in [0.2, 0.25) is 0 Å². The largest absolute Gasteiger partial charge is 0.493 e. The van der Waals surface area contributed by atoms with Crippen molar-refractivity contribution in [2.24, 2.45) is 4.99 Å². The molecule has 38 heavy (non-hydrogen) atoms. The number of rotatable bonds is 8. The molecule has 0 aliphatic carbocycles. The second kappa shape index (κ2) is 11.5. The Balaban J connectivity index is 1.39.